The van der Waals surface area contributed by atoms with Crippen molar-refractivity contribution in [3.05, 3.63) is 70.0 Å². The van der Waals surface area contributed by atoms with Gasteiger partial charge in [-0.2, -0.15) is 10.1 Å². The Morgan fingerprint density at radius 3 is 2.61 bits per heavy atom. The van der Waals surface area contributed by atoms with Crippen LogP contribution in [0.4, 0.5) is 0 Å². The van der Waals surface area contributed by atoms with Gasteiger partial charge in [-0.25, -0.2) is 14.5 Å². The first-order chi connectivity index (χ1) is 18.4. The van der Waals surface area contributed by atoms with Gasteiger partial charge in [-0.05, 0) is 24.6 Å². The summed E-state index contributed by atoms with van der Waals surface area (Å²) < 4.78 is 8.24. The molecule has 1 saturated heterocycles. The maximum absolute atomic E-state index is 13.1. The number of hydrogen-bond donors (Lipinski definition) is 2. The van der Waals surface area contributed by atoms with Crippen LogP contribution in [0.1, 0.15) is 33.2 Å². The van der Waals surface area contributed by atoms with Crippen LogP contribution in [0.25, 0.3) is 17.1 Å². The van der Waals surface area contributed by atoms with Crippen LogP contribution in [0.15, 0.2) is 47.8 Å². The Balaban J connectivity index is 1.28. The summed E-state index contributed by atoms with van der Waals surface area (Å²) >= 11 is 0. The van der Waals surface area contributed by atoms with Crippen LogP contribution in [0.3, 0.4) is 0 Å². The number of nitrogens with one attached hydrogen (secondary N) is 1. The largest absolute Gasteiger partial charge is 0.478 e. The highest BCUT2D eigenvalue weighted by Crippen LogP contribution is 2.13. The zero-order valence-electron chi connectivity index (χ0n) is 20.9. The highest BCUT2D eigenvalue weighted by molar-refractivity contribution is 5.94. The molecular formula is C25H28N8O5. The zero-order chi connectivity index (χ0) is 26.6. The first kappa shape index (κ1) is 25.3. The van der Waals surface area contributed by atoms with Gasteiger partial charge in [-0.15, -0.1) is 0 Å². The number of carbonyl (C=O) groups is 2. The summed E-state index contributed by atoms with van der Waals surface area (Å²) in [5.74, 6) is -1.08. The minimum absolute atomic E-state index is 0.0155. The van der Waals surface area contributed by atoms with Crippen LogP contribution in [-0.2, 0) is 11.3 Å². The lowest BCUT2D eigenvalue weighted by molar-refractivity contribution is 0.0328. The average molecular weight is 521 g/mol. The molecule has 0 bridgehead atoms. The first-order valence-corrected chi connectivity index (χ1v) is 12.3. The van der Waals surface area contributed by atoms with E-state index in [1.807, 2.05) is 24.0 Å². The van der Waals surface area contributed by atoms with E-state index in [0.29, 0.717) is 25.2 Å². The third-order valence-electron chi connectivity index (χ3n) is 6.53. The Morgan fingerprint density at radius 2 is 1.92 bits per heavy atom. The molecule has 1 amide bonds. The molecule has 0 unspecified atom stereocenters. The number of amides is 1. The van der Waals surface area contributed by atoms with Crippen molar-refractivity contribution in [1.29, 1.82) is 0 Å². The second-order valence-corrected chi connectivity index (χ2v) is 8.95. The summed E-state index contributed by atoms with van der Waals surface area (Å²) in [5, 5.41) is 13.0. The van der Waals surface area contributed by atoms with E-state index >= 15 is 0 Å². The number of aromatic nitrogens is 6. The second-order valence-electron chi connectivity index (χ2n) is 8.95. The number of nitrogens with zero attached hydrogens (tertiary/aromatic N) is 7. The molecule has 0 atom stereocenters. The third kappa shape index (κ3) is 5.33. The lowest BCUT2D eigenvalue weighted by atomic mass is 10.1. The van der Waals surface area contributed by atoms with Crippen molar-refractivity contribution in [2.45, 2.75) is 13.5 Å². The van der Waals surface area contributed by atoms with Gasteiger partial charge < -0.3 is 19.3 Å². The molecule has 38 heavy (non-hydrogen) atoms. The molecule has 3 aromatic heterocycles. The summed E-state index contributed by atoms with van der Waals surface area (Å²) in [6.07, 6.45) is 3.95. The molecule has 1 aliphatic rings. The number of carboxylic acids is 1. The maximum atomic E-state index is 13.1. The number of likely N-dealkylation sites (N-methyl/N-ethyl adjacent to an activating group) is 1. The summed E-state index contributed by atoms with van der Waals surface area (Å²) in [4.78, 5) is 52.3. The van der Waals surface area contributed by atoms with E-state index in [1.54, 1.807) is 16.7 Å². The van der Waals surface area contributed by atoms with Crippen molar-refractivity contribution in [2.24, 2.45) is 0 Å². The fourth-order valence-electron chi connectivity index (χ4n) is 4.37. The Morgan fingerprint density at radius 1 is 1.16 bits per heavy atom. The number of morpholine rings is 1. The van der Waals surface area contributed by atoms with Crippen LogP contribution < -0.4 is 5.56 Å². The van der Waals surface area contributed by atoms with Crippen LogP contribution in [0.5, 0.6) is 0 Å². The van der Waals surface area contributed by atoms with Crippen molar-refractivity contribution < 1.29 is 19.4 Å². The SMILES string of the molecule is CCN(CCN1CCOCC1)C(=O)c1ccc(Cn2cnc3nc(-n4cc(C(=O)O)cn4)[nH]c(=O)c32)cc1. The van der Waals surface area contributed by atoms with Crippen molar-refractivity contribution in [2.75, 3.05) is 45.9 Å². The van der Waals surface area contributed by atoms with Crippen LogP contribution in [-0.4, -0.2) is 102 Å². The number of ether oxygens (including phenoxy) is 1. The van der Waals surface area contributed by atoms with Gasteiger partial charge in [0.05, 0.1) is 31.3 Å². The van der Waals surface area contributed by atoms with Gasteiger partial charge in [-0.3, -0.25) is 19.5 Å². The smallest absolute Gasteiger partial charge is 0.338 e. The lowest BCUT2D eigenvalue weighted by Gasteiger charge is -2.29. The Bertz CT molecular complexity index is 1500. The third-order valence-corrected chi connectivity index (χ3v) is 6.53. The van der Waals surface area contributed by atoms with Crippen molar-refractivity contribution in [1.82, 2.24) is 39.1 Å². The van der Waals surface area contributed by atoms with Gasteiger partial charge in [0.1, 0.15) is 0 Å². The van der Waals surface area contributed by atoms with Gasteiger partial charge >= 0.3 is 5.97 Å². The maximum Gasteiger partial charge on any atom is 0.338 e. The number of carboxylic acid groups (broad SMARTS) is 1. The van der Waals surface area contributed by atoms with Gasteiger partial charge in [0.15, 0.2) is 11.2 Å². The predicted octanol–water partition coefficient (Wildman–Crippen LogP) is 0.846. The van der Waals surface area contributed by atoms with E-state index in [1.165, 1.54) is 23.4 Å². The Labute approximate surface area is 217 Å². The van der Waals surface area contributed by atoms with Crippen molar-refractivity contribution >= 4 is 23.0 Å². The minimum atomic E-state index is -1.13. The van der Waals surface area contributed by atoms with Crippen molar-refractivity contribution in [3.63, 3.8) is 0 Å². The standard InChI is InChI=1S/C25H28N8O5/c1-2-31(8-7-30-9-11-38-12-10-30)23(35)18-5-3-17(4-6-18)14-32-16-26-21-20(32)22(34)29-25(28-21)33-15-19(13-27-33)24(36)37/h3-6,13,15-16H,2,7-12,14H2,1H3,(H,36,37)(H,28,29,34). The van der Waals surface area contributed by atoms with E-state index in [4.69, 9.17) is 9.84 Å². The van der Waals surface area contributed by atoms with E-state index in [0.717, 1.165) is 38.4 Å². The quantitative estimate of drug-likeness (QED) is 0.327. The number of fused-ring (bicyclic) bond motifs is 1. The number of imidazole rings is 1. The lowest BCUT2D eigenvalue weighted by Crippen LogP contribution is -2.43. The molecule has 1 aliphatic heterocycles. The van der Waals surface area contributed by atoms with E-state index in [9.17, 15) is 14.4 Å². The number of hydrogen-bond acceptors (Lipinski definition) is 8. The topological polar surface area (TPSA) is 151 Å². The number of H-pyrrole nitrogens is 1. The number of carbonyl (C=O) groups excluding carboxylic acids is 1. The molecule has 0 spiro atoms. The summed E-state index contributed by atoms with van der Waals surface area (Å²) in [6, 6.07) is 7.32. The minimum Gasteiger partial charge on any atom is -0.478 e. The average Bonchev–Trinajstić information content (AvgIpc) is 3.58. The van der Waals surface area contributed by atoms with Crippen LogP contribution in [0, 0.1) is 0 Å². The Hall–Kier alpha value is -4.36. The fraction of sp³-hybridized carbons (Fsp3) is 0.360. The normalized spacial score (nSPS) is 14.1. The molecule has 4 aromatic rings. The number of aromatic carboxylic acids is 1. The molecule has 198 valence electrons. The molecule has 13 heteroatoms. The number of benzene rings is 1. The summed E-state index contributed by atoms with van der Waals surface area (Å²) in [5.41, 5.74) is 1.53. The second kappa shape index (κ2) is 10.9. The monoisotopic (exact) mass is 520 g/mol. The molecule has 0 aliphatic carbocycles. The molecule has 2 N–H and O–H groups in total. The zero-order valence-corrected chi connectivity index (χ0v) is 20.9. The summed E-state index contributed by atoms with van der Waals surface area (Å²) in [7, 11) is 0. The molecule has 1 aromatic carbocycles. The number of aromatic amines is 1. The molecule has 5 rings (SSSR count). The molecule has 0 saturated carbocycles. The van der Waals surface area contributed by atoms with Gasteiger partial charge in [0.25, 0.3) is 11.5 Å². The van der Waals surface area contributed by atoms with Crippen LogP contribution in [0.2, 0.25) is 0 Å². The summed E-state index contributed by atoms with van der Waals surface area (Å²) in [6.45, 7) is 7.67. The molecule has 4 heterocycles. The number of rotatable bonds is 9. The van der Waals surface area contributed by atoms with E-state index < -0.39 is 11.5 Å². The van der Waals surface area contributed by atoms with Gasteiger partial charge in [-0.1, -0.05) is 12.1 Å². The van der Waals surface area contributed by atoms with E-state index in [2.05, 4.69) is 25.0 Å². The molecule has 0 radical (unpaired) electrons. The molecule has 13 nitrogen and oxygen atoms in total. The highest BCUT2D eigenvalue weighted by atomic mass is 16.5. The van der Waals surface area contributed by atoms with Gasteiger partial charge in [0, 0.05) is 51.0 Å². The predicted molar refractivity (Wildman–Crippen MR) is 137 cm³/mol. The Kier molecular flexibility index (Phi) is 7.29. The van der Waals surface area contributed by atoms with Crippen LogP contribution >= 0.6 is 0 Å². The van der Waals surface area contributed by atoms with Crippen molar-refractivity contribution in [3.8, 4) is 5.95 Å². The molecular weight excluding hydrogens is 492 g/mol. The van der Waals surface area contributed by atoms with Gasteiger partial charge in [0.2, 0.25) is 5.95 Å². The van der Waals surface area contributed by atoms with E-state index in [-0.39, 0.29) is 28.6 Å². The highest BCUT2D eigenvalue weighted by Gasteiger charge is 2.18. The first-order valence-electron chi connectivity index (χ1n) is 12.3. The molecule has 1 fully saturated rings. The fourth-order valence-corrected chi connectivity index (χ4v) is 4.37.